The minimum Gasteiger partial charge on any atom is -0.398 e. The molecule has 0 fully saturated rings. The summed E-state index contributed by atoms with van der Waals surface area (Å²) in [7, 11) is 0. The number of amides is 1. The molecular weight excluding hydrogens is 252 g/mol. The van der Waals surface area contributed by atoms with Crippen molar-refractivity contribution in [1.29, 1.82) is 0 Å². The van der Waals surface area contributed by atoms with Gasteiger partial charge in [-0.3, -0.25) is 4.79 Å². The van der Waals surface area contributed by atoms with Crippen LogP contribution in [0.5, 0.6) is 0 Å². The topological polar surface area (TPSA) is 64.3 Å². The molecule has 100 valence electrons. The second-order valence-electron chi connectivity index (χ2n) is 3.96. The third-order valence-corrected chi connectivity index (χ3v) is 2.69. The Morgan fingerprint density at radius 2 is 2.22 bits per heavy atom. The van der Waals surface area contributed by atoms with Crippen molar-refractivity contribution in [3.8, 4) is 0 Å². The van der Waals surface area contributed by atoms with Crippen molar-refractivity contribution in [3.63, 3.8) is 0 Å². The fraction of sp³-hybridized carbons (Fsp3) is 0.462. The summed E-state index contributed by atoms with van der Waals surface area (Å²) >= 11 is 5.85. The van der Waals surface area contributed by atoms with Gasteiger partial charge in [0.15, 0.2) is 0 Å². The van der Waals surface area contributed by atoms with E-state index in [0.29, 0.717) is 29.4 Å². The quantitative estimate of drug-likeness (QED) is 0.591. The zero-order valence-corrected chi connectivity index (χ0v) is 11.3. The number of rotatable bonds is 7. The minimum atomic E-state index is -0.146. The van der Waals surface area contributed by atoms with E-state index in [0.717, 1.165) is 19.4 Å². The van der Waals surface area contributed by atoms with Crippen LogP contribution in [0.15, 0.2) is 18.2 Å². The molecular formula is C13H19ClN2O2. The van der Waals surface area contributed by atoms with E-state index in [2.05, 4.69) is 12.2 Å². The molecule has 4 nitrogen and oxygen atoms in total. The summed E-state index contributed by atoms with van der Waals surface area (Å²) in [4.78, 5) is 11.7. The third-order valence-electron chi connectivity index (χ3n) is 2.36. The summed E-state index contributed by atoms with van der Waals surface area (Å²) in [6.45, 7) is 4.08. The van der Waals surface area contributed by atoms with Crippen LogP contribution in [-0.2, 0) is 4.74 Å². The van der Waals surface area contributed by atoms with Crippen LogP contribution in [0.3, 0.4) is 0 Å². The van der Waals surface area contributed by atoms with Crippen molar-refractivity contribution in [2.45, 2.75) is 19.8 Å². The number of carbonyl (C=O) groups excluding carboxylic acids is 1. The minimum absolute atomic E-state index is 0.146. The van der Waals surface area contributed by atoms with Crippen molar-refractivity contribution >= 4 is 23.2 Å². The molecule has 0 radical (unpaired) electrons. The van der Waals surface area contributed by atoms with E-state index in [9.17, 15) is 4.79 Å². The van der Waals surface area contributed by atoms with E-state index in [1.54, 1.807) is 18.2 Å². The zero-order valence-electron chi connectivity index (χ0n) is 10.5. The van der Waals surface area contributed by atoms with Gasteiger partial charge in [0.25, 0.3) is 5.91 Å². The molecule has 0 unspecified atom stereocenters. The lowest BCUT2D eigenvalue weighted by Crippen LogP contribution is -2.25. The van der Waals surface area contributed by atoms with Gasteiger partial charge in [0.2, 0.25) is 0 Å². The van der Waals surface area contributed by atoms with Gasteiger partial charge in [-0.2, -0.15) is 0 Å². The van der Waals surface area contributed by atoms with Gasteiger partial charge in [0.1, 0.15) is 0 Å². The summed E-state index contributed by atoms with van der Waals surface area (Å²) in [5.41, 5.74) is 6.57. The molecule has 0 aliphatic heterocycles. The smallest absolute Gasteiger partial charge is 0.251 e. The molecule has 0 aliphatic carbocycles. The van der Waals surface area contributed by atoms with Crippen molar-refractivity contribution in [2.24, 2.45) is 0 Å². The maximum absolute atomic E-state index is 11.7. The van der Waals surface area contributed by atoms with Crippen molar-refractivity contribution in [2.75, 3.05) is 25.5 Å². The van der Waals surface area contributed by atoms with Gasteiger partial charge in [-0.05, 0) is 31.0 Å². The number of halogens is 1. The maximum atomic E-state index is 11.7. The first-order valence-corrected chi connectivity index (χ1v) is 6.44. The van der Waals surface area contributed by atoms with Crippen LogP contribution in [0, 0.1) is 0 Å². The van der Waals surface area contributed by atoms with Gasteiger partial charge in [-0.15, -0.1) is 0 Å². The van der Waals surface area contributed by atoms with Crippen LogP contribution in [0.4, 0.5) is 5.69 Å². The summed E-state index contributed by atoms with van der Waals surface area (Å²) in [5, 5.41) is 3.20. The Balaban J connectivity index is 2.30. The molecule has 0 spiro atoms. The van der Waals surface area contributed by atoms with Gasteiger partial charge < -0.3 is 15.8 Å². The molecule has 18 heavy (non-hydrogen) atoms. The average molecular weight is 271 g/mol. The molecule has 0 aromatic heterocycles. The second kappa shape index (κ2) is 7.95. The van der Waals surface area contributed by atoms with Crippen molar-refractivity contribution in [3.05, 3.63) is 28.8 Å². The first-order valence-electron chi connectivity index (χ1n) is 6.06. The van der Waals surface area contributed by atoms with Gasteiger partial charge in [0.05, 0.1) is 10.7 Å². The number of hydrogen-bond acceptors (Lipinski definition) is 3. The van der Waals surface area contributed by atoms with Crippen LogP contribution in [0.25, 0.3) is 0 Å². The third kappa shape index (κ3) is 4.94. The highest BCUT2D eigenvalue weighted by Crippen LogP contribution is 2.19. The number of benzene rings is 1. The lowest BCUT2D eigenvalue weighted by atomic mass is 10.2. The van der Waals surface area contributed by atoms with Crippen LogP contribution < -0.4 is 11.1 Å². The van der Waals surface area contributed by atoms with E-state index in [-0.39, 0.29) is 5.91 Å². The van der Waals surface area contributed by atoms with Gasteiger partial charge in [-0.25, -0.2) is 0 Å². The highest BCUT2D eigenvalue weighted by Gasteiger charge is 2.06. The Bertz CT molecular complexity index is 397. The van der Waals surface area contributed by atoms with Gasteiger partial charge in [-0.1, -0.05) is 18.5 Å². The summed E-state index contributed by atoms with van der Waals surface area (Å²) in [5.74, 6) is -0.146. The number of hydrogen-bond donors (Lipinski definition) is 2. The number of nitrogens with two attached hydrogens (primary N) is 1. The zero-order chi connectivity index (χ0) is 13.4. The maximum Gasteiger partial charge on any atom is 0.251 e. The van der Waals surface area contributed by atoms with Crippen LogP contribution in [0.2, 0.25) is 5.02 Å². The molecule has 1 rings (SSSR count). The predicted molar refractivity (Wildman–Crippen MR) is 73.9 cm³/mol. The molecule has 0 saturated carbocycles. The van der Waals surface area contributed by atoms with Crippen molar-refractivity contribution in [1.82, 2.24) is 5.32 Å². The highest BCUT2D eigenvalue weighted by molar-refractivity contribution is 6.33. The first-order chi connectivity index (χ1) is 8.65. The van der Waals surface area contributed by atoms with Crippen LogP contribution in [-0.4, -0.2) is 25.7 Å². The molecule has 0 atom stereocenters. The molecule has 0 bridgehead atoms. The summed E-state index contributed by atoms with van der Waals surface area (Å²) in [6, 6.07) is 4.85. The molecule has 1 aromatic rings. The number of carbonyl (C=O) groups is 1. The molecule has 5 heteroatoms. The number of nitrogens with one attached hydrogen (secondary N) is 1. The SMILES string of the molecule is CCCOCCCNC(=O)c1ccc(N)c(Cl)c1. The van der Waals surface area contributed by atoms with E-state index in [4.69, 9.17) is 22.1 Å². The normalized spacial score (nSPS) is 10.3. The van der Waals surface area contributed by atoms with Gasteiger partial charge in [0, 0.05) is 25.3 Å². The lowest BCUT2D eigenvalue weighted by Gasteiger charge is -2.06. The Morgan fingerprint density at radius 3 is 2.89 bits per heavy atom. The molecule has 0 aliphatic rings. The molecule has 3 N–H and O–H groups in total. The first kappa shape index (κ1) is 14.8. The molecule has 1 amide bonds. The van der Waals surface area contributed by atoms with Crippen LogP contribution >= 0.6 is 11.6 Å². The molecule has 1 aromatic carbocycles. The molecule has 0 saturated heterocycles. The largest absolute Gasteiger partial charge is 0.398 e. The predicted octanol–water partition coefficient (Wildman–Crippen LogP) is 2.47. The fourth-order valence-corrected chi connectivity index (χ4v) is 1.57. The lowest BCUT2D eigenvalue weighted by molar-refractivity contribution is 0.0941. The van der Waals surface area contributed by atoms with E-state index < -0.39 is 0 Å². The number of ether oxygens (including phenoxy) is 1. The number of anilines is 1. The average Bonchev–Trinajstić information content (AvgIpc) is 2.36. The Hall–Kier alpha value is -1.26. The standard InChI is InChI=1S/C13H19ClN2O2/c1-2-7-18-8-3-6-16-13(17)10-4-5-12(15)11(14)9-10/h4-5,9H,2-3,6-8,15H2,1H3,(H,16,17). The Kier molecular flexibility index (Phi) is 6.54. The summed E-state index contributed by atoms with van der Waals surface area (Å²) < 4.78 is 5.32. The van der Waals surface area contributed by atoms with Gasteiger partial charge >= 0.3 is 0 Å². The monoisotopic (exact) mass is 270 g/mol. The van der Waals surface area contributed by atoms with E-state index in [1.165, 1.54) is 0 Å². The number of nitrogen functional groups attached to an aromatic ring is 1. The molecule has 0 heterocycles. The second-order valence-corrected chi connectivity index (χ2v) is 4.37. The Labute approximate surface area is 112 Å². The Morgan fingerprint density at radius 1 is 1.44 bits per heavy atom. The summed E-state index contributed by atoms with van der Waals surface area (Å²) in [6.07, 6.45) is 1.81. The van der Waals surface area contributed by atoms with E-state index in [1.807, 2.05) is 0 Å². The van der Waals surface area contributed by atoms with E-state index >= 15 is 0 Å². The van der Waals surface area contributed by atoms with Crippen molar-refractivity contribution < 1.29 is 9.53 Å². The fourth-order valence-electron chi connectivity index (χ4n) is 1.39. The van der Waals surface area contributed by atoms with Crippen LogP contribution in [0.1, 0.15) is 30.1 Å². The highest BCUT2D eigenvalue weighted by atomic mass is 35.5.